The predicted molar refractivity (Wildman–Crippen MR) is 218 cm³/mol. The van der Waals surface area contributed by atoms with Crippen molar-refractivity contribution in [1.29, 1.82) is 0 Å². The van der Waals surface area contributed by atoms with Crippen molar-refractivity contribution in [2.75, 3.05) is 28.3 Å². The number of phenolic OH excluding ortho intramolecular Hbond substituents is 1. The summed E-state index contributed by atoms with van der Waals surface area (Å²) < 4.78 is 96.1. The van der Waals surface area contributed by atoms with Crippen LogP contribution in [0.1, 0.15) is 10.4 Å². The number of benzene rings is 5. The van der Waals surface area contributed by atoms with Gasteiger partial charge in [-0.05, 0) is 102 Å². The third kappa shape index (κ3) is 12.1. The van der Waals surface area contributed by atoms with Gasteiger partial charge >= 0.3 is 10.4 Å². The summed E-state index contributed by atoms with van der Waals surface area (Å²) in [5.41, 5.74) is 1.03. The average Bonchev–Trinajstić information content (AvgIpc) is 3.19. The van der Waals surface area contributed by atoms with Gasteiger partial charge < -0.3 is 21.1 Å². The molecular formula is C34H27ClN8O14S4. The van der Waals surface area contributed by atoms with Crippen LogP contribution in [0.4, 0.5) is 40.3 Å². The highest BCUT2D eigenvalue weighted by atomic mass is 35.5. The Morgan fingerprint density at radius 3 is 2.11 bits per heavy atom. The molecule has 22 nitrogen and oxygen atoms in total. The minimum atomic E-state index is -4.81. The first-order chi connectivity index (χ1) is 28.9. The minimum absolute atomic E-state index is 0.0295. The monoisotopic (exact) mass is 934 g/mol. The van der Waals surface area contributed by atoms with Crippen molar-refractivity contribution in [3.05, 3.63) is 108 Å². The number of nitrogens with one attached hydrogen (secondary N) is 3. The number of aromatic hydroxyl groups is 1. The Kier molecular flexibility index (Phi) is 13.7. The van der Waals surface area contributed by atoms with E-state index in [1.165, 1.54) is 78.9 Å². The fourth-order valence-corrected chi connectivity index (χ4v) is 7.90. The molecule has 1 aromatic heterocycles. The van der Waals surface area contributed by atoms with Gasteiger partial charge in [-0.15, -0.1) is 9.45 Å². The van der Waals surface area contributed by atoms with Crippen molar-refractivity contribution in [3.63, 3.8) is 0 Å². The molecule has 7 N–H and O–H groups in total. The van der Waals surface area contributed by atoms with Crippen LogP contribution in [-0.2, 0) is 43.9 Å². The average molecular weight is 935 g/mol. The van der Waals surface area contributed by atoms with E-state index in [1.54, 1.807) is 12.1 Å². The Morgan fingerprint density at radius 2 is 1.44 bits per heavy atom. The number of aromatic nitrogens is 3. The fourth-order valence-electron chi connectivity index (χ4n) is 5.23. The molecule has 0 bridgehead atoms. The molecule has 6 rings (SSSR count). The molecule has 0 fully saturated rings. The van der Waals surface area contributed by atoms with Crippen LogP contribution in [0.25, 0.3) is 10.8 Å². The Morgan fingerprint density at radius 1 is 0.770 bits per heavy atom. The topological polar surface area (TPSA) is 328 Å². The number of hydrogen-bond donors (Lipinski definition) is 7. The largest absolute Gasteiger partial charge is 0.505 e. The summed E-state index contributed by atoms with van der Waals surface area (Å²) in [6, 6.07) is 22.4. The van der Waals surface area contributed by atoms with Gasteiger partial charge in [-0.2, -0.15) is 36.9 Å². The van der Waals surface area contributed by atoms with Crippen molar-refractivity contribution < 1.29 is 63.1 Å². The molecule has 0 spiro atoms. The highest BCUT2D eigenvalue weighted by Gasteiger charge is 2.19. The zero-order valence-electron chi connectivity index (χ0n) is 30.3. The number of halogens is 1. The van der Waals surface area contributed by atoms with E-state index in [9.17, 15) is 39.7 Å². The van der Waals surface area contributed by atoms with E-state index in [2.05, 4.69) is 54.7 Å². The number of carbonyl (C=O) groups excluding carboxylic acids is 1. The first-order valence-electron chi connectivity index (χ1n) is 16.6. The normalized spacial score (nSPS) is 12.1. The van der Waals surface area contributed by atoms with Crippen molar-refractivity contribution in [3.8, 4) is 5.75 Å². The summed E-state index contributed by atoms with van der Waals surface area (Å²) in [5.74, 6) is -1.79. The van der Waals surface area contributed by atoms with Gasteiger partial charge in [0, 0.05) is 28.0 Å². The van der Waals surface area contributed by atoms with Crippen LogP contribution in [0, 0.1) is 0 Å². The molecule has 61 heavy (non-hydrogen) atoms. The predicted octanol–water partition coefficient (Wildman–Crippen LogP) is 6.81. The fraction of sp³-hybridized carbons (Fsp3) is 0.0588. The van der Waals surface area contributed by atoms with E-state index in [0.717, 1.165) is 6.07 Å². The molecule has 5 aromatic carbocycles. The summed E-state index contributed by atoms with van der Waals surface area (Å²) >= 11 is 6.61. The number of nitrogens with zero attached hydrogens (tertiary/aromatic N) is 5. The lowest BCUT2D eigenvalue weighted by atomic mass is 10.1. The van der Waals surface area contributed by atoms with Crippen LogP contribution in [0.15, 0.2) is 122 Å². The smallest absolute Gasteiger partial charge is 0.397 e. The van der Waals surface area contributed by atoms with E-state index >= 15 is 0 Å². The number of rotatable bonds is 17. The van der Waals surface area contributed by atoms with Crippen molar-refractivity contribution in [1.82, 2.24) is 15.0 Å². The minimum Gasteiger partial charge on any atom is -0.505 e. The van der Waals surface area contributed by atoms with Crippen molar-refractivity contribution >= 4 is 111 Å². The van der Waals surface area contributed by atoms with Crippen molar-refractivity contribution in [2.24, 2.45) is 10.2 Å². The Hall–Kier alpha value is -5.91. The second kappa shape index (κ2) is 18.8. The van der Waals surface area contributed by atoms with Gasteiger partial charge in [0.2, 0.25) is 17.2 Å². The molecule has 318 valence electrons. The van der Waals surface area contributed by atoms with Crippen molar-refractivity contribution in [2.45, 2.75) is 14.7 Å². The highest BCUT2D eigenvalue weighted by molar-refractivity contribution is 7.94. The molecule has 6 aromatic rings. The van der Waals surface area contributed by atoms with E-state index in [0.29, 0.717) is 28.5 Å². The number of anilines is 5. The molecule has 0 aliphatic heterocycles. The maximum absolute atomic E-state index is 13.1. The number of carbonyl (C=O) groups is 1. The second-order valence-corrected chi connectivity index (χ2v) is 17.7. The summed E-state index contributed by atoms with van der Waals surface area (Å²) in [6.07, 6.45) is 0. The molecule has 1 heterocycles. The van der Waals surface area contributed by atoms with Gasteiger partial charge in [0.1, 0.15) is 5.69 Å². The third-order valence-corrected chi connectivity index (χ3v) is 11.7. The van der Waals surface area contributed by atoms with Crippen LogP contribution < -0.4 is 16.0 Å². The Bertz CT molecular complexity index is 3000. The summed E-state index contributed by atoms with van der Waals surface area (Å²) in [5, 5.41) is 41.1. The molecule has 0 aliphatic carbocycles. The maximum atomic E-state index is 13.1. The first-order valence-corrected chi connectivity index (χ1v) is 22.2. The molecular weight excluding hydrogens is 908 g/mol. The van der Waals surface area contributed by atoms with Gasteiger partial charge in [-0.3, -0.25) is 13.9 Å². The Balaban J connectivity index is 1.18. The molecule has 0 unspecified atom stereocenters. The zero-order valence-corrected chi connectivity index (χ0v) is 34.3. The van der Waals surface area contributed by atoms with Crippen LogP contribution in [0.2, 0.25) is 5.28 Å². The molecule has 27 heteroatoms. The molecule has 1 amide bonds. The summed E-state index contributed by atoms with van der Waals surface area (Å²) in [7, 11) is -13.3. The lowest BCUT2D eigenvalue weighted by Crippen LogP contribution is -2.15. The van der Waals surface area contributed by atoms with Gasteiger partial charge in [0.05, 0.1) is 44.8 Å². The lowest BCUT2D eigenvalue weighted by Gasteiger charge is -2.12. The van der Waals surface area contributed by atoms with Crippen LogP contribution >= 0.6 is 23.6 Å². The zero-order chi connectivity index (χ0) is 44.0. The van der Waals surface area contributed by atoms with Gasteiger partial charge in [0.25, 0.3) is 16.0 Å². The Labute approximate surface area is 354 Å². The first kappa shape index (κ1) is 44.6. The SMILES string of the molecule is O=C(Nc1ccc(S(=O)(=O)CCOS(=O)(=O)O)cc1)c1cccc(N=Nc2c(SOOO)cc3cc(Nc4nc(Cl)nc(Nc5cccc(S(=O)(=O)O)c5)n4)ccc3c2O)c1. The number of azo groups is 1. The summed E-state index contributed by atoms with van der Waals surface area (Å²) in [6.45, 7) is -0.801. The van der Waals surface area contributed by atoms with Crippen LogP contribution in [0.5, 0.6) is 5.75 Å². The number of amides is 1. The quantitative estimate of drug-likeness (QED) is 0.0162. The molecule has 0 atom stereocenters. The summed E-state index contributed by atoms with van der Waals surface area (Å²) in [4.78, 5) is 24.9. The molecule has 0 saturated heterocycles. The number of hydrogen-bond acceptors (Lipinski definition) is 20. The molecule has 0 aliphatic rings. The number of fused-ring (bicyclic) bond motifs is 1. The molecule has 0 radical (unpaired) electrons. The number of phenols is 1. The second-order valence-electron chi connectivity index (χ2n) is 12.0. The van der Waals surface area contributed by atoms with Crippen LogP contribution in [0.3, 0.4) is 0 Å². The van der Waals surface area contributed by atoms with E-state index in [-0.39, 0.29) is 65.9 Å². The van der Waals surface area contributed by atoms with Gasteiger partial charge in [0.15, 0.2) is 15.6 Å². The van der Waals surface area contributed by atoms with Crippen LogP contribution in [-0.4, -0.2) is 77.9 Å². The maximum Gasteiger partial charge on any atom is 0.397 e. The standard InChI is InChI=1S/C34H27ClN8O14S4/c35-32-39-33(37-22-4-2-6-26(18-22)60(49,50)51)41-34(40-32)38-23-9-12-27-20(16-23)17-28(58-57-56-46)29(30(27)44)43-42-24-5-1-3-19(15-24)31(45)36-21-7-10-25(11-8-21)59(47,48)14-13-55-61(52,53)54/h1-12,15-18,44,46H,13-14H2,(H,36,45)(H,49,50,51)(H,52,53,54)(H2,37,38,39,40,41). The molecule has 0 saturated carbocycles. The third-order valence-electron chi connectivity index (χ3n) is 7.89. The lowest BCUT2D eigenvalue weighted by molar-refractivity contribution is -0.432. The highest BCUT2D eigenvalue weighted by Crippen LogP contribution is 2.44. The van der Waals surface area contributed by atoms with Gasteiger partial charge in [-0.25, -0.2) is 17.9 Å². The van der Waals surface area contributed by atoms with E-state index < -0.39 is 48.6 Å². The van der Waals surface area contributed by atoms with E-state index in [1.807, 2.05) is 0 Å². The number of sulfone groups is 1. The van der Waals surface area contributed by atoms with Gasteiger partial charge in [-0.1, -0.05) is 17.2 Å². The van der Waals surface area contributed by atoms with E-state index in [4.69, 9.17) is 21.4 Å².